The van der Waals surface area contributed by atoms with E-state index < -0.39 is 11.9 Å². The molecule has 2 aliphatic heterocycles. The van der Waals surface area contributed by atoms with E-state index in [1.54, 1.807) is 42.5 Å². The normalized spacial score (nSPS) is 16.4. The molecule has 2 aromatic rings. The molecule has 0 saturated carbocycles. The maximum absolute atomic E-state index is 13.0. The van der Waals surface area contributed by atoms with Gasteiger partial charge in [-0.1, -0.05) is 18.9 Å². The summed E-state index contributed by atoms with van der Waals surface area (Å²) in [5.41, 5.74) is 2.26. The average molecular weight is 627 g/mol. The zero-order valence-electron chi connectivity index (χ0n) is 24.8. The first kappa shape index (κ1) is 33.2. The van der Waals surface area contributed by atoms with E-state index in [0.717, 1.165) is 32.3 Å². The Balaban J connectivity index is 1.14. The molecule has 1 unspecified atom stereocenters. The van der Waals surface area contributed by atoms with E-state index in [-0.39, 0.29) is 37.2 Å². The largest absolute Gasteiger partial charge is 0.486 e. The first-order chi connectivity index (χ1) is 21.5. The van der Waals surface area contributed by atoms with Crippen LogP contribution in [0.2, 0.25) is 0 Å². The van der Waals surface area contributed by atoms with E-state index in [1.807, 2.05) is 0 Å². The van der Waals surface area contributed by atoms with Gasteiger partial charge in [0.2, 0.25) is 11.8 Å². The number of piperidine rings is 1. The van der Waals surface area contributed by atoms with E-state index in [1.165, 1.54) is 4.90 Å². The van der Waals surface area contributed by atoms with Gasteiger partial charge in [-0.3, -0.25) is 24.5 Å². The van der Waals surface area contributed by atoms with Crippen LogP contribution in [-0.2, 0) is 30.4 Å². The minimum absolute atomic E-state index is 0.00982. The summed E-state index contributed by atoms with van der Waals surface area (Å²) in [6, 6.07) is 11.4. The number of fused-ring (bicyclic) bond motifs is 1. The predicted molar refractivity (Wildman–Crippen MR) is 164 cm³/mol. The molecule has 0 aliphatic carbocycles. The highest BCUT2D eigenvalue weighted by molar-refractivity contribution is 6.17. The molecule has 4 rings (SSSR count). The first-order valence-corrected chi connectivity index (χ1v) is 15.6. The second-order valence-electron chi connectivity index (χ2n) is 10.7. The number of benzene rings is 2. The fraction of sp³-hybridized carbons (Fsp3) is 0.500. The number of azo groups is 1. The number of amides is 3. The lowest BCUT2D eigenvalue weighted by Gasteiger charge is -2.29. The maximum atomic E-state index is 13.0. The molecule has 0 radical (unpaired) electrons. The number of alkyl halides is 1. The van der Waals surface area contributed by atoms with Crippen LogP contribution in [0.3, 0.4) is 0 Å². The van der Waals surface area contributed by atoms with Gasteiger partial charge in [-0.05, 0) is 62.1 Å². The van der Waals surface area contributed by atoms with Crippen LogP contribution in [0, 0.1) is 0 Å². The van der Waals surface area contributed by atoms with Gasteiger partial charge >= 0.3 is 0 Å². The summed E-state index contributed by atoms with van der Waals surface area (Å²) in [7, 11) is 0. The molecule has 2 heterocycles. The third kappa shape index (κ3) is 9.93. The van der Waals surface area contributed by atoms with Gasteiger partial charge in [0.15, 0.2) is 5.78 Å². The number of imide groups is 1. The summed E-state index contributed by atoms with van der Waals surface area (Å²) in [5.74, 6) is 0.198. The monoisotopic (exact) mass is 626 g/mol. The van der Waals surface area contributed by atoms with Crippen molar-refractivity contribution in [3.05, 3.63) is 53.6 Å². The predicted octanol–water partition coefficient (Wildman–Crippen LogP) is 5.42. The number of rotatable bonds is 19. The summed E-state index contributed by atoms with van der Waals surface area (Å²) < 4.78 is 16.7. The van der Waals surface area contributed by atoms with Crippen LogP contribution in [0.4, 0.5) is 11.4 Å². The number of hydrogen-bond donors (Lipinski definition) is 1. The molecule has 1 atom stereocenters. The second-order valence-corrected chi connectivity index (χ2v) is 11.0. The van der Waals surface area contributed by atoms with Crippen LogP contribution in [0.25, 0.3) is 0 Å². The molecule has 0 aromatic heterocycles. The first-order valence-electron chi connectivity index (χ1n) is 15.1. The van der Waals surface area contributed by atoms with E-state index in [4.69, 9.17) is 25.8 Å². The van der Waals surface area contributed by atoms with Gasteiger partial charge in [0.1, 0.15) is 18.4 Å². The van der Waals surface area contributed by atoms with Gasteiger partial charge in [0.05, 0.1) is 24.6 Å². The minimum atomic E-state index is -0.693. The molecular weight excluding hydrogens is 588 g/mol. The zero-order chi connectivity index (χ0) is 31.1. The van der Waals surface area contributed by atoms with Gasteiger partial charge in [-0.2, -0.15) is 10.2 Å². The van der Waals surface area contributed by atoms with Crippen molar-refractivity contribution in [1.82, 2.24) is 10.2 Å². The molecule has 44 heavy (non-hydrogen) atoms. The Morgan fingerprint density at radius 1 is 0.909 bits per heavy atom. The average Bonchev–Trinajstić information content (AvgIpc) is 3.36. The van der Waals surface area contributed by atoms with Crippen molar-refractivity contribution in [2.75, 3.05) is 38.9 Å². The van der Waals surface area contributed by atoms with Gasteiger partial charge in [-0.25, -0.2) is 0 Å². The van der Waals surface area contributed by atoms with Gasteiger partial charge < -0.3 is 19.1 Å². The van der Waals surface area contributed by atoms with Crippen molar-refractivity contribution in [2.24, 2.45) is 10.2 Å². The van der Waals surface area contributed by atoms with E-state index >= 15 is 0 Å². The fourth-order valence-corrected chi connectivity index (χ4v) is 5.15. The molecule has 1 saturated heterocycles. The number of hydrogen-bond acceptors (Lipinski definition) is 9. The number of carbonyl (C=O) groups excluding carboxylic acids is 4. The van der Waals surface area contributed by atoms with E-state index in [0.29, 0.717) is 73.2 Å². The quantitative estimate of drug-likeness (QED) is 0.0951. The summed E-state index contributed by atoms with van der Waals surface area (Å²) in [4.78, 5) is 50.5. The Bertz CT molecular complexity index is 1320. The standard InChI is InChI=1S/C32H39ClN4O7/c33-16-3-1-2-4-17-42-19-20-43-18-6-7-24(38)22-44-25-12-10-23(11-13-25)35-36-28-9-5-8-26-27(28)21-37(32(26)41)29-14-15-30(39)34-31(29)40/h5,8-13,29H,1-4,6-7,14-22H2,(H,34,39,40). The van der Waals surface area contributed by atoms with Crippen LogP contribution in [0.15, 0.2) is 52.7 Å². The highest BCUT2D eigenvalue weighted by atomic mass is 35.5. The SMILES string of the molecule is O=C(CCCOCCOCCCCCCCl)COc1ccc(N=Nc2cccc3c2CN(C2CCC(=O)NC2=O)C3=O)cc1. The third-order valence-corrected chi connectivity index (χ3v) is 7.62. The number of nitrogens with one attached hydrogen (secondary N) is 1. The topological polar surface area (TPSA) is 136 Å². The van der Waals surface area contributed by atoms with Gasteiger partial charge in [0.25, 0.3) is 5.91 Å². The summed E-state index contributed by atoms with van der Waals surface area (Å²) in [6.45, 7) is 2.49. The molecule has 236 valence electrons. The molecule has 2 aliphatic rings. The van der Waals surface area contributed by atoms with Crippen LogP contribution >= 0.6 is 11.6 Å². The van der Waals surface area contributed by atoms with Crippen molar-refractivity contribution >= 4 is 46.5 Å². The third-order valence-electron chi connectivity index (χ3n) is 7.36. The van der Waals surface area contributed by atoms with Crippen LogP contribution in [-0.4, -0.2) is 73.4 Å². The molecule has 1 N–H and O–H groups in total. The highest BCUT2D eigenvalue weighted by Gasteiger charge is 2.39. The number of ketones is 1. The van der Waals surface area contributed by atoms with Crippen LogP contribution in [0.5, 0.6) is 5.75 Å². The Labute approximate surface area is 262 Å². The molecular formula is C32H39ClN4O7. The van der Waals surface area contributed by atoms with Gasteiger partial charge in [-0.15, -0.1) is 11.6 Å². The molecule has 11 nitrogen and oxygen atoms in total. The number of Topliss-reactive ketones (excluding diaryl/α,β-unsaturated/α-hetero) is 1. The Hall–Kier alpha value is -3.67. The van der Waals surface area contributed by atoms with E-state index in [9.17, 15) is 19.2 Å². The van der Waals surface area contributed by atoms with E-state index in [2.05, 4.69) is 15.5 Å². The summed E-state index contributed by atoms with van der Waals surface area (Å²) in [5, 5.41) is 11.0. The van der Waals surface area contributed by atoms with Crippen molar-refractivity contribution in [1.29, 1.82) is 0 Å². The number of halogens is 1. The van der Waals surface area contributed by atoms with Gasteiger partial charge in [0, 0.05) is 49.6 Å². The lowest BCUT2D eigenvalue weighted by molar-refractivity contribution is -0.137. The minimum Gasteiger partial charge on any atom is -0.486 e. The lowest BCUT2D eigenvalue weighted by atomic mass is 10.0. The highest BCUT2D eigenvalue weighted by Crippen LogP contribution is 2.34. The van der Waals surface area contributed by atoms with Crippen molar-refractivity contribution < 1.29 is 33.4 Å². The van der Waals surface area contributed by atoms with Crippen molar-refractivity contribution in [2.45, 2.75) is 64.0 Å². The molecule has 0 spiro atoms. The Morgan fingerprint density at radius 3 is 2.41 bits per heavy atom. The van der Waals surface area contributed by atoms with Crippen molar-refractivity contribution in [3.8, 4) is 5.75 Å². The molecule has 12 heteroatoms. The molecule has 1 fully saturated rings. The smallest absolute Gasteiger partial charge is 0.255 e. The Kier molecular flexibility index (Phi) is 13.3. The Morgan fingerprint density at radius 2 is 1.66 bits per heavy atom. The van der Waals surface area contributed by atoms with Crippen LogP contribution in [0.1, 0.15) is 67.3 Å². The molecule has 0 bridgehead atoms. The number of ether oxygens (including phenoxy) is 3. The molecule has 2 aromatic carbocycles. The number of carbonyl (C=O) groups is 4. The number of nitrogens with zero attached hydrogens (tertiary/aromatic N) is 3. The van der Waals surface area contributed by atoms with Crippen molar-refractivity contribution in [3.63, 3.8) is 0 Å². The number of unbranched alkanes of at least 4 members (excludes halogenated alkanes) is 3. The summed E-state index contributed by atoms with van der Waals surface area (Å²) in [6.07, 6.45) is 5.83. The fourth-order valence-electron chi connectivity index (χ4n) is 4.97. The summed E-state index contributed by atoms with van der Waals surface area (Å²) >= 11 is 5.66. The maximum Gasteiger partial charge on any atom is 0.255 e. The second kappa shape index (κ2) is 17.6. The zero-order valence-corrected chi connectivity index (χ0v) is 25.6. The lowest BCUT2D eigenvalue weighted by Crippen LogP contribution is -2.52. The molecule has 3 amide bonds. The van der Waals surface area contributed by atoms with Crippen LogP contribution < -0.4 is 10.1 Å².